The van der Waals surface area contributed by atoms with Gasteiger partial charge in [0.05, 0.1) is 5.69 Å². The number of fused-ring (bicyclic) bond motifs is 1. The Kier molecular flexibility index (Phi) is 6.04. The molecule has 5 heteroatoms. The van der Waals surface area contributed by atoms with Crippen molar-refractivity contribution in [3.05, 3.63) is 53.3 Å². The number of alkyl halides is 1. The van der Waals surface area contributed by atoms with Crippen LogP contribution >= 0.6 is 0 Å². The van der Waals surface area contributed by atoms with Crippen LogP contribution < -0.4 is 5.32 Å². The highest BCUT2D eigenvalue weighted by molar-refractivity contribution is 5.92. The largest absolute Gasteiger partial charge is 0.354 e. The molecule has 0 radical (unpaired) electrons. The molecule has 2 aliphatic heterocycles. The molecule has 2 saturated heterocycles. The molecule has 1 aromatic carbocycles. The number of hydrogen-bond donors (Lipinski definition) is 2. The number of nitrogens with one attached hydrogen (secondary N) is 2. The lowest BCUT2D eigenvalue weighted by Gasteiger charge is -2.41. The number of aromatic nitrogens is 2. The normalized spacial score (nSPS) is 23.3. The summed E-state index contributed by atoms with van der Waals surface area (Å²) in [5, 5.41) is 4.52. The molecule has 4 heterocycles. The van der Waals surface area contributed by atoms with E-state index in [1.54, 1.807) is 0 Å². The number of nitrogens with zero attached hydrogens (tertiary/aromatic N) is 2. The summed E-state index contributed by atoms with van der Waals surface area (Å²) in [6.07, 6.45) is 4.31. The predicted octanol–water partition coefficient (Wildman–Crippen LogP) is 5.54. The molecule has 5 rings (SSSR count). The van der Waals surface area contributed by atoms with Gasteiger partial charge in [-0.25, -0.2) is 4.39 Å². The van der Waals surface area contributed by atoms with Gasteiger partial charge in [-0.3, -0.25) is 9.88 Å². The zero-order valence-corrected chi connectivity index (χ0v) is 19.5. The lowest BCUT2D eigenvalue weighted by molar-refractivity contribution is 0.0646. The number of halogens is 1. The first-order chi connectivity index (χ1) is 15.5. The molecule has 0 amide bonds. The lowest BCUT2D eigenvalue weighted by Crippen LogP contribution is -2.53. The third-order valence-corrected chi connectivity index (χ3v) is 7.47. The molecule has 2 aliphatic rings. The van der Waals surface area contributed by atoms with Crippen molar-refractivity contribution in [1.29, 1.82) is 0 Å². The molecule has 32 heavy (non-hydrogen) atoms. The molecule has 2 unspecified atom stereocenters. The van der Waals surface area contributed by atoms with Crippen LogP contribution in [-0.4, -0.2) is 53.3 Å². The van der Waals surface area contributed by atoms with Gasteiger partial charge < -0.3 is 10.3 Å². The molecule has 2 aromatic heterocycles. The van der Waals surface area contributed by atoms with Crippen molar-refractivity contribution in [2.24, 2.45) is 0 Å². The van der Waals surface area contributed by atoms with Gasteiger partial charge in [0.2, 0.25) is 0 Å². The van der Waals surface area contributed by atoms with Crippen molar-refractivity contribution < 1.29 is 4.39 Å². The van der Waals surface area contributed by atoms with Crippen LogP contribution in [0.2, 0.25) is 0 Å². The Labute approximate surface area is 190 Å². The summed E-state index contributed by atoms with van der Waals surface area (Å²) < 4.78 is 14.4. The standard InChI is InChI=1S/C27H35FN4/c1-17(2)26-22-15-20(4-5-24(22)31-27(26)21-6-11-30-18(3)14-21)19-8-12-32(13-9-19)25-7-10-29-16-23(25)28/h4-6,11,14-15,17,19,23,25,29,31H,7-10,12-13,16H2,1-3H3. The third kappa shape index (κ3) is 4.08. The maximum atomic E-state index is 14.4. The fourth-order valence-electron chi connectivity index (χ4n) is 5.80. The quantitative estimate of drug-likeness (QED) is 0.567. The van der Waals surface area contributed by atoms with Gasteiger partial charge in [-0.05, 0) is 93.0 Å². The molecule has 4 nitrogen and oxygen atoms in total. The first-order valence-corrected chi connectivity index (χ1v) is 12.2. The first kappa shape index (κ1) is 21.6. The van der Waals surface area contributed by atoms with Crippen LogP contribution in [0.4, 0.5) is 4.39 Å². The number of aryl methyl sites for hydroxylation is 1. The molecule has 2 atom stereocenters. The fraction of sp³-hybridized carbons (Fsp3) is 0.519. The van der Waals surface area contributed by atoms with Gasteiger partial charge in [-0.15, -0.1) is 0 Å². The molecule has 3 aromatic rings. The van der Waals surface area contributed by atoms with Gasteiger partial charge in [-0.2, -0.15) is 0 Å². The van der Waals surface area contributed by atoms with E-state index in [1.807, 2.05) is 13.1 Å². The van der Waals surface area contributed by atoms with Gasteiger partial charge in [0.25, 0.3) is 0 Å². The van der Waals surface area contributed by atoms with E-state index < -0.39 is 6.17 Å². The van der Waals surface area contributed by atoms with E-state index in [4.69, 9.17) is 0 Å². The number of benzene rings is 1. The Morgan fingerprint density at radius 1 is 1.09 bits per heavy atom. The van der Waals surface area contributed by atoms with Gasteiger partial charge in [-0.1, -0.05) is 19.9 Å². The summed E-state index contributed by atoms with van der Waals surface area (Å²) in [5.74, 6) is 0.975. The van der Waals surface area contributed by atoms with Crippen LogP contribution in [0.3, 0.4) is 0 Å². The average Bonchev–Trinajstić information content (AvgIpc) is 3.19. The molecule has 170 valence electrons. The Bertz CT molecular complexity index is 1080. The molecule has 2 fully saturated rings. The highest BCUT2D eigenvalue weighted by Gasteiger charge is 2.33. The van der Waals surface area contributed by atoms with Gasteiger partial charge in [0.1, 0.15) is 6.17 Å². The van der Waals surface area contributed by atoms with Crippen LogP contribution in [0, 0.1) is 6.92 Å². The van der Waals surface area contributed by atoms with E-state index >= 15 is 0 Å². The molecule has 2 N–H and O–H groups in total. The molecular formula is C27H35FN4. The molecule has 0 aliphatic carbocycles. The molecule has 0 bridgehead atoms. The summed E-state index contributed by atoms with van der Waals surface area (Å²) in [6, 6.07) is 11.3. The summed E-state index contributed by atoms with van der Waals surface area (Å²) in [4.78, 5) is 10.5. The van der Waals surface area contributed by atoms with E-state index in [2.05, 4.69) is 64.4 Å². The number of pyridine rings is 1. The van der Waals surface area contributed by atoms with E-state index in [9.17, 15) is 4.39 Å². The van der Waals surface area contributed by atoms with Gasteiger partial charge in [0, 0.05) is 40.9 Å². The van der Waals surface area contributed by atoms with Crippen LogP contribution in [0.25, 0.3) is 22.2 Å². The van der Waals surface area contributed by atoms with E-state index in [1.165, 1.54) is 33.3 Å². The van der Waals surface area contributed by atoms with E-state index in [0.717, 1.165) is 44.6 Å². The zero-order valence-electron chi connectivity index (χ0n) is 19.5. The monoisotopic (exact) mass is 434 g/mol. The third-order valence-electron chi connectivity index (χ3n) is 7.47. The molecule has 0 spiro atoms. The zero-order chi connectivity index (χ0) is 22.2. The second kappa shape index (κ2) is 8.95. The summed E-state index contributed by atoms with van der Waals surface area (Å²) in [7, 11) is 0. The second-order valence-corrected chi connectivity index (χ2v) is 9.95. The van der Waals surface area contributed by atoms with Crippen LogP contribution in [0.5, 0.6) is 0 Å². The Morgan fingerprint density at radius 2 is 1.91 bits per heavy atom. The Hall–Kier alpha value is -2.24. The highest BCUT2D eigenvalue weighted by Crippen LogP contribution is 2.38. The molecular weight excluding hydrogens is 399 g/mol. The van der Waals surface area contributed by atoms with Gasteiger partial charge >= 0.3 is 0 Å². The number of H-pyrrole nitrogens is 1. The van der Waals surface area contributed by atoms with Crippen molar-refractivity contribution in [3.8, 4) is 11.3 Å². The second-order valence-electron chi connectivity index (χ2n) is 9.95. The van der Waals surface area contributed by atoms with Crippen LogP contribution in [-0.2, 0) is 0 Å². The van der Waals surface area contributed by atoms with Crippen molar-refractivity contribution in [2.45, 2.75) is 64.1 Å². The minimum Gasteiger partial charge on any atom is -0.354 e. The number of rotatable bonds is 4. The highest BCUT2D eigenvalue weighted by atomic mass is 19.1. The van der Waals surface area contributed by atoms with Gasteiger partial charge in [0.15, 0.2) is 0 Å². The van der Waals surface area contributed by atoms with Crippen molar-refractivity contribution in [3.63, 3.8) is 0 Å². The number of aromatic amines is 1. The predicted molar refractivity (Wildman–Crippen MR) is 130 cm³/mol. The fourth-order valence-corrected chi connectivity index (χ4v) is 5.80. The maximum Gasteiger partial charge on any atom is 0.128 e. The van der Waals surface area contributed by atoms with Crippen molar-refractivity contribution in [2.75, 3.05) is 26.2 Å². The molecule has 0 saturated carbocycles. The number of hydrogen-bond acceptors (Lipinski definition) is 3. The Morgan fingerprint density at radius 3 is 2.62 bits per heavy atom. The smallest absolute Gasteiger partial charge is 0.128 e. The van der Waals surface area contributed by atoms with Crippen LogP contribution in [0.1, 0.15) is 61.8 Å². The Balaban J connectivity index is 1.41. The van der Waals surface area contributed by atoms with E-state index in [-0.39, 0.29) is 6.04 Å². The first-order valence-electron chi connectivity index (χ1n) is 12.2. The SMILES string of the molecule is Cc1cc(-c2[nH]c3ccc(C4CCN(C5CCNCC5F)CC4)cc3c2C(C)C)ccn1. The average molecular weight is 435 g/mol. The number of likely N-dealkylation sites (tertiary alicyclic amines) is 1. The summed E-state index contributed by atoms with van der Waals surface area (Å²) in [5.41, 5.74) is 7.47. The topological polar surface area (TPSA) is 44.0 Å². The summed E-state index contributed by atoms with van der Waals surface area (Å²) in [6.45, 7) is 10.0. The van der Waals surface area contributed by atoms with Crippen molar-refractivity contribution in [1.82, 2.24) is 20.2 Å². The van der Waals surface area contributed by atoms with Crippen LogP contribution in [0.15, 0.2) is 36.5 Å². The minimum atomic E-state index is -0.736. The summed E-state index contributed by atoms with van der Waals surface area (Å²) >= 11 is 0. The maximum absolute atomic E-state index is 14.4. The van der Waals surface area contributed by atoms with Crippen molar-refractivity contribution >= 4 is 10.9 Å². The minimum absolute atomic E-state index is 0.100. The van der Waals surface area contributed by atoms with E-state index in [0.29, 0.717) is 18.4 Å². The number of piperidine rings is 2. The lowest BCUT2D eigenvalue weighted by atomic mass is 9.86.